The van der Waals surface area contributed by atoms with E-state index in [1.54, 1.807) is 0 Å². The first-order chi connectivity index (χ1) is 12.7. The molecule has 2 aliphatic rings. The molecule has 0 saturated carbocycles. The van der Waals surface area contributed by atoms with Crippen molar-refractivity contribution in [3.63, 3.8) is 0 Å². The molecule has 0 spiro atoms. The Bertz CT molecular complexity index is 821. The SMILES string of the molecule is C[C@@H]1Cc2ccccc2N1C(=O)CN1CCOc2ccc(CO)cc2C1. The van der Waals surface area contributed by atoms with Gasteiger partial charge in [0.15, 0.2) is 0 Å². The number of aliphatic hydroxyl groups excluding tert-OH is 1. The monoisotopic (exact) mass is 352 g/mol. The van der Waals surface area contributed by atoms with Crippen LogP contribution < -0.4 is 9.64 Å². The van der Waals surface area contributed by atoms with Crippen molar-refractivity contribution >= 4 is 11.6 Å². The fourth-order valence-electron chi connectivity index (χ4n) is 3.95. The maximum atomic E-state index is 13.0. The standard InChI is InChI=1S/C21H24N2O3/c1-15-10-17-4-2-3-5-19(17)23(15)21(25)13-22-8-9-26-20-7-6-16(14-24)11-18(20)12-22/h2-7,11,15,24H,8-10,12-14H2,1H3/t15-/m1/s1. The zero-order valence-corrected chi connectivity index (χ0v) is 15.0. The van der Waals surface area contributed by atoms with E-state index in [0.717, 1.165) is 29.0 Å². The van der Waals surface area contributed by atoms with Gasteiger partial charge in [-0.1, -0.05) is 24.3 Å². The molecule has 0 radical (unpaired) electrons. The Morgan fingerprint density at radius 1 is 1.23 bits per heavy atom. The number of para-hydroxylation sites is 1. The van der Waals surface area contributed by atoms with E-state index in [4.69, 9.17) is 4.74 Å². The van der Waals surface area contributed by atoms with Crippen LogP contribution in [-0.2, 0) is 24.4 Å². The Hall–Kier alpha value is -2.37. The lowest BCUT2D eigenvalue weighted by Gasteiger charge is -2.26. The molecule has 0 fully saturated rings. The highest BCUT2D eigenvalue weighted by molar-refractivity contribution is 5.97. The minimum atomic E-state index is 0.00822. The first-order valence-electron chi connectivity index (χ1n) is 9.13. The third kappa shape index (κ3) is 3.20. The number of fused-ring (bicyclic) bond motifs is 2. The summed E-state index contributed by atoms with van der Waals surface area (Å²) < 4.78 is 5.81. The molecule has 5 heteroatoms. The number of hydrogen-bond acceptors (Lipinski definition) is 4. The van der Waals surface area contributed by atoms with Gasteiger partial charge in [0.2, 0.25) is 5.91 Å². The lowest BCUT2D eigenvalue weighted by atomic mass is 10.1. The first-order valence-corrected chi connectivity index (χ1v) is 9.13. The number of nitrogens with zero attached hydrogens (tertiary/aromatic N) is 2. The van der Waals surface area contributed by atoms with E-state index in [1.807, 2.05) is 41.3 Å². The molecule has 136 valence electrons. The molecular formula is C21H24N2O3. The van der Waals surface area contributed by atoms with E-state index in [0.29, 0.717) is 26.2 Å². The van der Waals surface area contributed by atoms with Crippen molar-refractivity contribution in [1.82, 2.24) is 4.90 Å². The van der Waals surface area contributed by atoms with Gasteiger partial charge in [0.05, 0.1) is 13.2 Å². The second kappa shape index (κ2) is 7.09. The van der Waals surface area contributed by atoms with E-state index in [2.05, 4.69) is 17.9 Å². The average Bonchev–Trinajstić information content (AvgIpc) is 2.84. The summed E-state index contributed by atoms with van der Waals surface area (Å²) in [6.45, 7) is 4.40. The van der Waals surface area contributed by atoms with Crippen molar-refractivity contribution in [3.8, 4) is 5.75 Å². The van der Waals surface area contributed by atoms with Gasteiger partial charge in [-0.05, 0) is 42.7 Å². The van der Waals surface area contributed by atoms with Crippen molar-refractivity contribution in [2.24, 2.45) is 0 Å². The Morgan fingerprint density at radius 3 is 2.92 bits per heavy atom. The molecule has 1 N–H and O–H groups in total. The third-order valence-corrected chi connectivity index (χ3v) is 5.20. The fourth-order valence-corrected chi connectivity index (χ4v) is 3.95. The summed E-state index contributed by atoms with van der Waals surface area (Å²) in [4.78, 5) is 17.1. The van der Waals surface area contributed by atoms with Crippen molar-refractivity contribution in [2.45, 2.75) is 32.5 Å². The zero-order chi connectivity index (χ0) is 18.1. The van der Waals surface area contributed by atoms with E-state index in [1.165, 1.54) is 5.56 Å². The largest absolute Gasteiger partial charge is 0.492 e. The zero-order valence-electron chi connectivity index (χ0n) is 15.0. The van der Waals surface area contributed by atoms with E-state index in [9.17, 15) is 9.90 Å². The van der Waals surface area contributed by atoms with Gasteiger partial charge in [-0.15, -0.1) is 0 Å². The number of carbonyl (C=O) groups excluding carboxylic acids is 1. The molecule has 0 aromatic heterocycles. The number of amides is 1. The Balaban J connectivity index is 1.51. The van der Waals surface area contributed by atoms with Crippen LogP contribution in [0.3, 0.4) is 0 Å². The minimum Gasteiger partial charge on any atom is -0.492 e. The molecule has 2 heterocycles. The van der Waals surface area contributed by atoms with Crippen molar-refractivity contribution < 1.29 is 14.6 Å². The Labute approximate surface area is 153 Å². The van der Waals surface area contributed by atoms with Crippen LogP contribution in [0.25, 0.3) is 0 Å². The second-order valence-electron chi connectivity index (χ2n) is 7.10. The average molecular weight is 352 g/mol. The number of aliphatic hydroxyl groups is 1. The van der Waals surface area contributed by atoms with Crippen LogP contribution in [0.4, 0.5) is 5.69 Å². The highest BCUT2D eigenvalue weighted by Gasteiger charge is 2.31. The Morgan fingerprint density at radius 2 is 2.08 bits per heavy atom. The summed E-state index contributed by atoms with van der Waals surface area (Å²) in [7, 11) is 0. The molecule has 2 aromatic carbocycles. The molecule has 0 aliphatic carbocycles. The van der Waals surface area contributed by atoms with Crippen molar-refractivity contribution in [2.75, 3.05) is 24.6 Å². The van der Waals surface area contributed by atoms with Crippen LogP contribution in [0.2, 0.25) is 0 Å². The van der Waals surface area contributed by atoms with Crippen LogP contribution in [0.1, 0.15) is 23.6 Å². The highest BCUT2D eigenvalue weighted by atomic mass is 16.5. The van der Waals surface area contributed by atoms with Gasteiger partial charge in [-0.3, -0.25) is 9.69 Å². The van der Waals surface area contributed by atoms with Crippen LogP contribution in [0.5, 0.6) is 5.75 Å². The topological polar surface area (TPSA) is 53.0 Å². The third-order valence-electron chi connectivity index (χ3n) is 5.20. The van der Waals surface area contributed by atoms with Gasteiger partial charge in [-0.25, -0.2) is 0 Å². The lowest BCUT2D eigenvalue weighted by Crippen LogP contribution is -2.43. The quantitative estimate of drug-likeness (QED) is 0.921. The lowest BCUT2D eigenvalue weighted by molar-refractivity contribution is -0.120. The summed E-state index contributed by atoms with van der Waals surface area (Å²) in [5, 5.41) is 9.37. The molecule has 1 amide bonds. The molecule has 5 nitrogen and oxygen atoms in total. The van der Waals surface area contributed by atoms with Gasteiger partial charge < -0.3 is 14.7 Å². The molecule has 0 bridgehead atoms. The van der Waals surface area contributed by atoms with E-state index in [-0.39, 0.29) is 18.6 Å². The number of ether oxygens (including phenoxy) is 1. The smallest absolute Gasteiger partial charge is 0.241 e. The number of rotatable bonds is 3. The molecule has 0 unspecified atom stereocenters. The van der Waals surface area contributed by atoms with Gasteiger partial charge in [-0.2, -0.15) is 0 Å². The molecule has 26 heavy (non-hydrogen) atoms. The van der Waals surface area contributed by atoms with E-state index < -0.39 is 0 Å². The van der Waals surface area contributed by atoms with Gasteiger partial charge in [0, 0.05) is 30.4 Å². The van der Waals surface area contributed by atoms with Crippen molar-refractivity contribution in [1.29, 1.82) is 0 Å². The molecular weight excluding hydrogens is 328 g/mol. The van der Waals surface area contributed by atoms with Gasteiger partial charge in [0.25, 0.3) is 0 Å². The minimum absolute atomic E-state index is 0.00822. The maximum absolute atomic E-state index is 13.0. The first kappa shape index (κ1) is 17.1. The molecule has 0 saturated heterocycles. The van der Waals surface area contributed by atoms with Gasteiger partial charge >= 0.3 is 0 Å². The maximum Gasteiger partial charge on any atom is 0.241 e. The van der Waals surface area contributed by atoms with Gasteiger partial charge in [0.1, 0.15) is 12.4 Å². The Kier molecular flexibility index (Phi) is 4.66. The summed E-state index contributed by atoms with van der Waals surface area (Å²) >= 11 is 0. The fraction of sp³-hybridized carbons (Fsp3) is 0.381. The predicted octanol–water partition coefficient (Wildman–Crippen LogP) is 2.35. The second-order valence-corrected chi connectivity index (χ2v) is 7.10. The number of benzene rings is 2. The summed E-state index contributed by atoms with van der Waals surface area (Å²) in [6.07, 6.45) is 0.910. The number of anilines is 1. The number of carbonyl (C=O) groups is 1. The van der Waals surface area contributed by atoms with E-state index >= 15 is 0 Å². The predicted molar refractivity (Wildman–Crippen MR) is 100 cm³/mol. The molecule has 1 atom stereocenters. The van der Waals surface area contributed by atoms with Crippen LogP contribution in [0, 0.1) is 0 Å². The summed E-state index contributed by atoms with van der Waals surface area (Å²) in [5.74, 6) is 0.973. The highest BCUT2D eigenvalue weighted by Crippen LogP contribution is 2.32. The van der Waals surface area contributed by atoms with Crippen LogP contribution in [-0.4, -0.2) is 41.7 Å². The van der Waals surface area contributed by atoms with Crippen molar-refractivity contribution in [3.05, 3.63) is 59.2 Å². The molecule has 2 aromatic rings. The van der Waals surface area contributed by atoms with Crippen LogP contribution in [0.15, 0.2) is 42.5 Å². The summed E-state index contributed by atoms with van der Waals surface area (Å²) in [6, 6.07) is 14.1. The van der Waals surface area contributed by atoms with Crippen LogP contribution >= 0.6 is 0 Å². The molecule has 2 aliphatic heterocycles. The normalized spacial score (nSPS) is 19.5. The molecule has 4 rings (SSSR count). The summed E-state index contributed by atoms with van der Waals surface area (Å²) in [5.41, 5.74) is 4.17. The number of hydrogen-bond donors (Lipinski definition) is 1.